The predicted molar refractivity (Wildman–Crippen MR) is 127 cm³/mol. The van der Waals surface area contributed by atoms with Crippen molar-refractivity contribution in [3.05, 3.63) is 69.8 Å². The van der Waals surface area contributed by atoms with Crippen molar-refractivity contribution in [1.82, 2.24) is 14.5 Å². The summed E-state index contributed by atoms with van der Waals surface area (Å²) in [6.07, 6.45) is -3.90. The Morgan fingerprint density at radius 2 is 1.86 bits per heavy atom. The number of rotatable bonds is 3. The third kappa shape index (κ3) is 5.33. The van der Waals surface area contributed by atoms with E-state index >= 15 is 0 Å². The van der Waals surface area contributed by atoms with Crippen LogP contribution in [0.1, 0.15) is 44.0 Å². The fourth-order valence-corrected chi connectivity index (χ4v) is 4.43. The van der Waals surface area contributed by atoms with Gasteiger partial charge in [-0.25, -0.2) is 9.59 Å². The number of likely N-dealkylation sites (tertiary alicyclic amines) is 1. The molecule has 1 atom stereocenters. The number of aromatic nitrogens is 2. The smallest absolute Gasteiger partial charge is 0.416 e. The Morgan fingerprint density at radius 3 is 2.51 bits per heavy atom. The van der Waals surface area contributed by atoms with Crippen LogP contribution in [0.15, 0.2) is 47.3 Å². The molecule has 0 radical (unpaired) electrons. The summed E-state index contributed by atoms with van der Waals surface area (Å²) in [6, 6.07) is 10.4. The van der Waals surface area contributed by atoms with Gasteiger partial charge in [-0.15, -0.1) is 0 Å². The average molecular weight is 488 g/mol. The van der Waals surface area contributed by atoms with Gasteiger partial charge in [0.2, 0.25) is 0 Å². The first-order valence-electron chi connectivity index (χ1n) is 11.5. The number of carbonyl (C=O) groups excluding carboxylic acids is 1. The van der Waals surface area contributed by atoms with Crippen LogP contribution in [-0.4, -0.2) is 39.2 Å². The second kappa shape index (κ2) is 9.02. The van der Waals surface area contributed by atoms with Crippen molar-refractivity contribution in [2.45, 2.75) is 52.3 Å². The van der Waals surface area contributed by atoms with Gasteiger partial charge in [-0.1, -0.05) is 24.3 Å². The highest BCUT2D eigenvalue weighted by atomic mass is 19.4. The lowest BCUT2D eigenvalue weighted by atomic mass is 9.99. The van der Waals surface area contributed by atoms with Gasteiger partial charge in [0.25, 0.3) is 0 Å². The molecule has 1 aliphatic rings. The maximum absolute atomic E-state index is 13.5. The Bertz CT molecular complexity index is 1330. The van der Waals surface area contributed by atoms with E-state index in [1.165, 1.54) is 10.6 Å². The Hall–Kier alpha value is -3.36. The monoisotopic (exact) mass is 487 g/mol. The molecule has 0 bridgehead atoms. The molecule has 1 saturated heterocycles. The molecule has 0 aliphatic carbocycles. The number of amides is 1. The Kier molecular flexibility index (Phi) is 6.38. The molecule has 1 aliphatic heterocycles. The van der Waals surface area contributed by atoms with E-state index < -0.39 is 29.1 Å². The van der Waals surface area contributed by atoms with Crippen molar-refractivity contribution in [2.24, 2.45) is 5.92 Å². The lowest BCUT2D eigenvalue weighted by Gasteiger charge is -2.24. The minimum atomic E-state index is -4.55. The van der Waals surface area contributed by atoms with E-state index in [0.29, 0.717) is 42.7 Å². The van der Waals surface area contributed by atoms with Gasteiger partial charge >= 0.3 is 18.0 Å². The Balaban J connectivity index is 1.74. The van der Waals surface area contributed by atoms with Crippen molar-refractivity contribution in [3.8, 4) is 5.69 Å². The number of fused-ring (bicyclic) bond motifs is 1. The number of carbonyl (C=O) groups is 1. The number of para-hydroxylation sites is 1. The fourth-order valence-electron chi connectivity index (χ4n) is 4.43. The van der Waals surface area contributed by atoms with Crippen molar-refractivity contribution < 1.29 is 22.7 Å². The zero-order valence-electron chi connectivity index (χ0n) is 20.1. The van der Waals surface area contributed by atoms with Gasteiger partial charge in [0, 0.05) is 18.5 Å². The highest BCUT2D eigenvalue weighted by Gasteiger charge is 2.33. The van der Waals surface area contributed by atoms with E-state index in [0.717, 1.165) is 17.7 Å². The minimum Gasteiger partial charge on any atom is -0.444 e. The molecule has 1 fully saturated rings. The van der Waals surface area contributed by atoms with Crippen molar-refractivity contribution >= 4 is 17.0 Å². The molecule has 186 valence electrons. The Labute approximate surface area is 201 Å². The van der Waals surface area contributed by atoms with Gasteiger partial charge in [0.15, 0.2) is 0 Å². The van der Waals surface area contributed by atoms with Crippen LogP contribution >= 0.6 is 0 Å². The lowest BCUT2D eigenvalue weighted by Crippen LogP contribution is -2.35. The minimum absolute atomic E-state index is 0.00854. The largest absolute Gasteiger partial charge is 0.444 e. The molecule has 2 aromatic carbocycles. The first kappa shape index (κ1) is 24.8. The number of alkyl halides is 3. The predicted octanol–water partition coefficient (Wildman–Crippen LogP) is 5.51. The first-order valence-corrected chi connectivity index (χ1v) is 11.5. The summed E-state index contributed by atoms with van der Waals surface area (Å²) in [5.41, 5.74) is -0.261. The zero-order valence-corrected chi connectivity index (χ0v) is 20.1. The average Bonchev–Trinajstić information content (AvgIpc) is 3.21. The number of halogens is 3. The maximum Gasteiger partial charge on any atom is 0.416 e. The standard InChI is InChI=1S/C26H28F3N3O3/c1-16-7-5-6-8-21(16)32-22-14-18(26(27,28)29)9-10-19(22)20(30-23(32)33)13-17-11-12-31(15-17)24(34)35-25(2,3)4/h5-10,14,17H,11-13,15H2,1-4H3/t17-/m0/s1. The summed E-state index contributed by atoms with van der Waals surface area (Å²) < 4.78 is 47.3. The SMILES string of the molecule is Cc1ccccc1-n1c(=O)nc(C[C@@H]2CCN(C(=O)OC(C)(C)C)C2)c2ccc(C(F)(F)F)cc21. The van der Waals surface area contributed by atoms with Crippen LogP contribution in [-0.2, 0) is 17.3 Å². The summed E-state index contributed by atoms with van der Waals surface area (Å²) in [5, 5.41) is 0.483. The van der Waals surface area contributed by atoms with Crippen LogP contribution in [0.25, 0.3) is 16.6 Å². The number of aryl methyl sites for hydroxylation is 1. The highest BCUT2D eigenvalue weighted by molar-refractivity contribution is 5.84. The third-order valence-electron chi connectivity index (χ3n) is 6.07. The van der Waals surface area contributed by atoms with Gasteiger partial charge in [-0.2, -0.15) is 18.2 Å². The molecule has 0 spiro atoms. The molecule has 0 saturated carbocycles. The van der Waals surface area contributed by atoms with E-state index in [-0.39, 0.29) is 11.4 Å². The maximum atomic E-state index is 13.5. The molecular weight excluding hydrogens is 459 g/mol. The van der Waals surface area contributed by atoms with Gasteiger partial charge in [0.05, 0.1) is 22.5 Å². The van der Waals surface area contributed by atoms with Crippen LogP contribution in [0.4, 0.5) is 18.0 Å². The summed E-state index contributed by atoms with van der Waals surface area (Å²) in [5.74, 6) is 0.00854. The van der Waals surface area contributed by atoms with Gasteiger partial charge in [-0.3, -0.25) is 4.57 Å². The van der Waals surface area contributed by atoms with E-state index in [4.69, 9.17) is 4.74 Å². The Morgan fingerprint density at radius 1 is 1.14 bits per heavy atom. The molecule has 0 N–H and O–H groups in total. The van der Waals surface area contributed by atoms with Crippen LogP contribution in [0, 0.1) is 12.8 Å². The molecule has 35 heavy (non-hydrogen) atoms. The van der Waals surface area contributed by atoms with E-state index in [1.807, 2.05) is 0 Å². The van der Waals surface area contributed by atoms with Crippen molar-refractivity contribution in [2.75, 3.05) is 13.1 Å². The number of hydrogen-bond acceptors (Lipinski definition) is 4. The van der Waals surface area contributed by atoms with E-state index in [9.17, 15) is 22.8 Å². The summed E-state index contributed by atoms with van der Waals surface area (Å²) in [6.45, 7) is 8.13. The molecule has 4 rings (SSSR count). The molecule has 9 heteroatoms. The second-order valence-corrected chi connectivity index (χ2v) is 9.98. The van der Waals surface area contributed by atoms with Crippen LogP contribution < -0.4 is 5.69 Å². The van der Waals surface area contributed by atoms with Gasteiger partial charge in [-0.05, 0) is 70.2 Å². The molecular formula is C26H28F3N3O3. The number of benzene rings is 2. The summed E-state index contributed by atoms with van der Waals surface area (Å²) >= 11 is 0. The highest BCUT2D eigenvalue weighted by Crippen LogP contribution is 2.33. The van der Waals surface area contributed by atoms with Crippen molar-refractivity contribution in [3.63, 3.8) is 0 Å². The van der Waals surface area contributed by atoms with Crippen LogP contribution in [0.5, 0.6) is 0 Å². The quantitative estimate of drug-likeness (QED) is 0.489. The molecule has 1 amide bonds. The molecule has 6 nitrogen and oxygen atoms in total. The zero-order chi connectivity index (χ0) is 25.5. The van der Waals surface area contributed by atoms with Crippen molar-refractivity contribution in [1.29, 1.82) is 0 Å². The molecule has 1 aromatic heterocycles. The normalized spacial score (nSPS) is 16.7. The summed E-state index contributed by atoms with van der Waals surface area (Å²) in [4.78, 5) is 31.5. The van der Waals surface area contributed by atoms with E-state index in [1.54, 1.807) is 56.9 Å². The third-order valence-corrected chi connectivity index (χ3v) is 6.07. The topological polar surface area (TPSA) is 64.4 Å². The fraction of sp³-hybridized carbons (Fsp3) is 0.423. The molecule has 0 unspecified atom stereocenters. The van der Waals surface area contributed by atoms with Crippen LogP contribution in [0.2, 0.25) is 0 Å². The number of ether oxygens (including phenoxy) is 1. The number of nitrogens with zero attached hydrogens (tertiary/aromatic N) is 3. The van der Waals surface area contributed by atoms with Crippen LogP contribution in [0.3, 0.4) is 0 Å². The first-order chi connectivity index (χ1) is 16.3. The molecule has 3 aromatic rings. The summed E-state index contributed by atoms with van der Waals surface area (Å²) in [7, 11) is 0. The van der Waals surface area contributed by atoms with Gasteiger partial charge in [0.1, 0.15) is 5.60 Å². The second-order valence-electron chi connectivity index (χ2n) is 9.98. The lowest BCUT2D eigenvalue weighted by molar-refractivity contribution is -0.137. The van der Waals surface area contributed by atoms with E-state index in [2.05, 4.69) is 4.98 Å². The number of hydrogen-bond donors (Lipinski definition) is 0. The van der Waals surface area contributed by atoms with Gasteiger partial charge < -0.3 is 9.64 Å². The molecule has 2 heterocycles.